The summed E-state index contributed by atoms with van der Waals surface area (Å²) in [5, 5.41) is 7.94. The lowest BCUT2D eigenvalue weighted by molar-refractivity contribution is 0.00520. The van der Waals surface area contributed by atoms with Gasteiger partial charge in [0.1, 0.15) is 17.8 Å². The number of fused-ring (bicyclic) bond motifs is 2. The van der Waals surface area contributed by atoms with Gasteiger partial charge in [0.25, 0.3) is 0 Å². The summed E-state index contributed by atoms with van der Waals surface area (Å²) in [6, 6.07) is 17.5. The number of nitrogens with two attached hydrogens (primary N) is 1. The van der Waals surface area contributed by atoms with Gasteiger partial charge in [0.05, 0.1) is 24.6 Å². The molecule has 0 spiro atoms. The van der Waals surface area contributed by atoms with E-state index < -0.39 is 0 Å². The maximum Gasteiger partial charge on any atom is 0.164 e. The number of morpholine rings is 1. The van der Waals surface area contributed by atoms with Crippen LogP contribution in [0.15, 0.2) is 61.1 Å². The van der Waals surface area contributed by atoms with Crippen molar-refractivity contribution in [1.82, 2.24) is 29.2 Å². The number of hydrogen-bond donors (Lipinski definition) is 1. The molecule has 4 heterocycles. The molecule has 3 aromatic heterocycles. The van der Waals surface area contributed by atoms with Crippen LogP contribution in [0, 0.1) is 0 Å². The Kier molecular flexibility index (Phi) is 6.46. The average Bonchev–Trinajstić information content (AvgIpc) is 3.57. The highest BCUT2D eigenvalue weighted by Gasteiger charge is 2.30. The minimum absolute atomic E-state index is 0.292. The molecule has 1 aliphatic heterocycles. The Balaban J connectivity index is 1.23. The van der Waals surface area contributed by atoms with Crippen molar-refractivity contribution in [3.05, 3.63) is 71.6 Å². The van der Waals surface area contributed by atoms with Gasteiger partial charge in [-0.2, -0.15) is 5.10 Å². The van der Waals surface area contributed by atoms with Gasteiger partial charge in [-0.25, -0.2) is 14.6 Å². The van der Waals surface area contributed by atoms with E-state index in [0.29, 0.717) is 24.4 Å². The highest BCUT2D eigenvalue weighted by molar-refractivity contribution is 6.31. The molecule has 9 heteroatoms. The maximum absolute atomic E-state index is 6.47. The van der Waals surface area contributed by atoms with Gasteiger partial charge in [0.15, 0.2) is 5.65 Å². The Labute approximate surface area is 232 Å². The molecule has 1 saturated heterocycles. The third-order valence-electron chi connectivity index (χ3n) is 8.44. The van der Waals surface area contributed by atoms with Gasteiger partial charge >= 0.3 is 0 Å². The summed E-state index contributed by atoms with van der Waals surface area (Å²) in [6.45, 7) is 4.45. The second kappa shape index (κ2) is 10.3. The van der Waals surface area contributed by atoms with Crippen molar-refractivity contribution in [2.24, 2.45) is 0 Å². The lowest BCUT2D eigenvalue weighted by Crippen LogP contribution is -2.45. The van der Waals surface area contributed by atoms with E-state index in [1.54, 1.807) is 6.33 Å². The van der Waals surface area contributed by atoms with Crippen LogP contribution < -0.4 is 5.73 Å². The van der Waals surface area contributed by atoms with Crippen LogP contribution in [0.25, 0.3) is 33.2 Å². The molecule has 0 unspecified atom stereocenters. The fourth-order valence-electron chi connectivity index (χ4n) is 6.34. The van der Waals surface area contributed by atoms with E-state index in [1.165, 1.54) is 5.39 Å². The molecule has 0 bridgehead atoms. The Morgan fingerprint density at radius 3 is 2.56 bits per heavy atom. The lowest BCUT2D eigenvalue weighted by Gasteiger charge is -2.38. The Bertz CT molecular complexity index is 1630. The lowest BCUT2D eigenvalue weighted by atomic mass is 9.90. The molecule has 0 radical (unpaired) electrons. The van der Waals surface area contributed by atoms with E-state index in [9.17, 15) is 0 Å². The number of nitrogens with zero attached hydrogens (tertiary/aromatic N) is 6. The minimum Gasteiger partial charge on any atom is -0.383 e. The van der Waals surface area contributed by atoms with Crippen molar-refractivity contribution in [2.75, 3.05) is 32.0 Å². The Morgan fingerprint density at radius 1 is 0.949 bits per heavy atom. The van der Waals surface area contributed by atoms with Gasteiger partial charge < -0.3 is 15.0 Å². The average molecular weight is 542 g/mol. The Hall–Kier alpha value is -3.46. The van der Waals surface area contributed by atoms with Gasteiger partial charge in [-0.3, -0.25) is 4.90 Å². The SMILES string of the molecule is Nc1ncnc2c1c(-c1ccc3ccn(Cc4ccccc4Cl)c3c1)nn2[C@H]1CC[C@H](N2CCOCC2)CC1. The summed E-state index contributed by atoms with van der Waals surface area (Å²) in [6.07, 6.45) is 8.12. The van der Waals surface area contributed by atoms with E-state index in [4.69, 9.17) is 27.2 Å². The second-order valence-corrected chi connectivity index (χ2v) is 11.1. The third-order valence-corrected chi connectivity index (χ3v) is 8.81. The van der Waals surface area contributed by atoms with Gasteiger partial charge in [0.2, 0.25) is 0 Å². The van der Waals surface area contributed by atoms with Crippen LogP contribution in [-0.4, -0.2) is 61.6 Å². The van der Waals surface area contributed by atoms with Crippen LogP contribution in [-0.2, 0) is 11.3 Å². The largest absolute Gasteiger partial charge is 0.383 e. The van der Waals surface area contributed by atoms with Crippen LogP contribution in [0.3, 0.4) is 0 Å². The first kappa shape index (κ1) is 24.6. The van der Waals surface area contributed by atoms with Gasteiger partial charge in [-0.1, -0.05) is 41.9 Å². The van der Waals surface area contributed by atoms with Gasteiger partial charge in [-0.15, -0.1) is 0 Å². The summed E-state index contributed by atoms with van der Waals surface area (Å²) in [5.74, 6) is 0.467. The van der Waals surface area contributed by atoms with E-state index in [0.717, 1.165) is 90.4 Å². The fourth-order valence-corrected chi connectivity index (χ4v) is 6.54. The van der Waals surface area contributed by atoms with Crippen molar-refractivity contribution in [1.29, 1.82) is 0 Å². The van der Waals surface area contributed by atoms with E-state index in [1.807, 2.05) is 18.2 Å². The summed E-state index contributed by atoms with van der Waals surface area (Å²) < 4.78 is 9.90. The van der Waals surface area contributed by atoms with Crippen molar-refractivity contribution >= 4 is 39.4 Å². The number of nitrogen functional groups attached to an aromatic ring is 1. The molecule has 39 heavy (non-hydrogen) atoms. The number of aromatic nitrogens is 5. The molecule has 8 nitrogen and oxygen atoms in total. The topological polar surface area (TPSA) is 87.0 Å². The number of hydrogen-bond acceptors (Lipinski definition) is 6. The summed E-state index contributed by atoms with van der Waals surface area (Å²) in [7, 11) is 0. The summed E-state index contributed by atoms with van der Waals surface area (Å²) in [5.41, 5.74) is 11.3. The molecule has 200 valence electrons. The summed E-state index contributed by atoms with van der Waals surface area (Å²) >= 11 is 6.47. The summed E-state index contributed by atoms with van der Waals surface area (Å²) in [4.78, 5) is 11.6. The molecule has 7 rings (SSSR count). The van der Waals surface area contributed by atoms with E-state index in [-0.39, 0.29) is 0 Å². The monoisotopic (exact) mass is 541 g/mol. The number of rotatable bonds is 5. The zero-order valence-electron chi connectivity index (χ0n) is 21.8. The van der Waals surface area contributed by atoms with Crippen molar-refractivity contribution in [3.8, 4) is 11.3 Å². The molecular formula is C30H32ClN7O. The first-order valence-electron chi connectivity index (χ1n) is 13.8. The van der Waals surface area contributed by atoms with Gasteiger partial charge in [-0.05, 0) is 54.8 Å². The number of anilines is 1. The highest BCUT2D eigenvalue weighted by atomic mass is 35.5. The first-order valence-corrected chi connectivity index (χ1v) is 14.2. The van der Waals surface area contributed by atoms with E-state index in [2.05, 4.69) is 60.6 Å². The van der Waals surface area contributed by atoms with Gasteiger partial charge in [0, 0.05) is 48.0 Å². The molecule has 2 fully saturated rings. The molecular weight excluding hydrogens is 510 g/mol. The second-order valence-electron chi connectivity index (χ2n) is 10.7. The first-order chi connectivity index (χ1) is 19.2. The van der Waals surface area contributed by atoms with E-state index >= 15 is 0 Å². The molecule has 0 atom stereocenters. The Morgan fingerprint density at radius 2 is 1.74 bits per heavy atom. The van der Waals surface area contributed by atoms with Crippen LogP contribution in [0.1, 0.15) is 37.3 Å². The predicted molar refractivity (Wildman–Crippen MR) is 155 cm³/mol. The fraction of sp³-hybridized carbons (Fsp3) is 0.367. The van der Waals surface area contributed by atoms with Crippen LogP contribution in [0.5, 0.6) is 0 Å². The molecule has 1 aliphatic carbocycles. The molecule has 5 aromatic rings. The van der Waals surface area contributed by atoms with Crippen LogP contribution in [0.2, 0.25) is 5.02 Å². The van der Waals surface area contributed by atoms with Crippen LogP contribution >= 0.6 is 11.6 Å². The molecule has 2 N–H and O–H groups in total. The normalized spacial score (nSPS) is 20.6. The van der Waals surface area contributed by atoms with Crippen LogP contribution in [0.4, 0.5) is 5.82 Å². The zero-order valence-corrected chi connectivity index (χ0v) is 22.6. The van der Waals surface area contributed by atoms with Crippen molar-refractivity contribution in [2.45, 2.75) is 44.3 Å². The number of ether oxygens (including phenoxy) is 1. The molecule has 1 saturated carbocycles. The number of halogens is 1. The predicted octanol–water partition coefficient (Wildman–Crippen LogP) is 5.55. The third kappa shape index (κ3) is 4.56. The number of benzene rings is 2. The molecule has 2 aromatic carbocycles. The molecule has 0 amide bonds. The minimum atomic E-state index is 0.292. The smallest absolute Gasteiger partial charge is 0.164 e. The quantitative estimate of drug-likeness (QED) is 0.314. The maximum atomic E-state index is 6.47. The molecule has 2 aliphatic rings. The zero-order chi connectivity index (χ0) is 26.3. The standard InChI is InChI=1S/C30H32ClN7O/c31-25-4-2-1-3-22(25)18-37-12-11-20-5-6-21(17-26(20)37)28-27-29(32)33-19-34-30(27)38(35-28)24-9-7-23(8-10-24)36-13-15-39-16-14-36/h1-6,11-12,17,19,23-24H,7-10,13-16,18H2,(H2,32,33,34)/t23-,24-. The van der Waals surface area contributed by atoms with Crippen molar-refractivity contribution in [3.63, 3.8) is 0 Å². The highest BCUT2D eigenvalue weighted by Crippen LogP contribution is 2.38. The van der Waals surface area contributed by atoms with Crippen molar-refractivity contribution < 1.29 is 4.74 Å².